The van der Waals surface area contributed by atoms with Crippen LogP contribution in [0.25, 0.3) is 0 Å². The summed E-state index contributed by atoms with van der Waals surface area (Å²) in [5.41, 5.74) is 0. The fourth-order valence-electron chi connectivity index (χ4n) is 4.66. The number of likely N-dealkylation sites (N-methyl/N-ethyl adjacent to an activating group) is 1. The maximum atomic E-state index is 11.9. The smallest absolute Gasteiger partial charge is 0.315 e. The molecule has 0 radical (unpaired) electrons. The third-order valence-electron chi connectivity index (χ3n) is 5.19. The van der Waals surface area contributed by atoms with Crippen LogP contribution in [0.5, 0.6) is 0 Å². The highest BCUT2D eigenvalue weighted by molar-refractivity contribution is 5.74. The summed E-state index contributed by atoms with van der Waals surface area (Å²) < 4.78 is 0. The minimum Gasteiger partial charge on any atom is -0.337 e. The van der Waals surface area contributed by atoms with Gasteiger partial charge in [0.05, 0.1) is 0 Å². The lowest BCUT2D eigenvalue weighted by atomic mass is 9.54. The molecule has 18 heavy (non-hydrogen) atoms. The van der Waals surface area contributed by atoms with E-state index in [0.717, 1.165) is 30.2 Å². The van der Waals surface area contributed by atoms with Crippen LogP contribution in [-0.4, -0.2) is 32.2 Å². The second kappa shape index (κ2) is 5.08. The SMILES string of the molecule is CNCCNC(=O)NC1C2CC3CC(C2)CC1C3. The summed E-state index contributed by atoms with van der Waals surface area (Å²) in [5.74, 6) is 3.46. The molecule has 0 aromatic heterocycles. The van der Waals surface area contributed by atoms with Crippen molar-refractivity contribution in [2.24, 2.45) is 23.7 Å². The third kappa shape index (κ3) is 2.35. The zero-order valence-electron chi connectivity index (χ0n) is 11.2. The number of rotatable bonds is 4. The molecular formula is C14H25N3O. The lowest BCUT2D eigenvalue weighted by Gasteiger charge is -2.54. The average molecular weight is 251 g/mol. The molecule has 2 amide bonds. The van der Waals surface area contributed by atoms with E-state index in [1.165, 1.54) is 32.1 Å². The predicted octanol–water partition coefficient (Wildman–Crippen LogP) is 1.33. The zero-order chi connectivity index (χ0) is 12.5. The van der Waals surface area contributed by atoms with Crippen LogP contribution in [0.2, 0.25) is 0 Å². The fraction of sp³-hybridized carbons (Fsp3) is 0.929. The van der Waals surface area contributed by atoms with Gasteiger partial charge in [0.25, 0.3) is 0 Å². The number of nitrogens with one attached hydrogen (secondary N) is 3. The molecule has 4 rings (SSSR count). The van der Waals surface area contributed by atoms with Crippen molar-refractivity contribution in [2.75, 3.05) is 20.1 Å². The first-order valence-electron chi connectivity index (χ1n) is 7.45. The minimum atomic E-state index is 0.0303. The van der Waals surface area contributed by atoms with Gasteiger partial charge in [-0.05, 0) is 62.8 Å². The van der Waals surface area contributed by atoms with Gasteiger partial charge in [0, 0.05) is 19.1 Å². The Bertz CT molecular complexity index is 290. The van der Waals surface area contributed by atoms with Crippen molar-refractivity contribution in [2.45, 2.75) is 38.1 Å². The average Bonchev–Trinajstić information content (AvgIpc) is 2.33. The van der Waals surface area contributed by atoms with E-state index >= 15 is 0 Å². The van der Waals surface area contributed by atoms with E-state index < -0.39 is 0 Å². The van der Waals surface area contributed by atoms with Gasteiger partial charge in [-0.3, -0.25) is 0 Å². The largest absolute Gasteiger partial charge is 0.337 e. The van der Waals surface area contributed by atoms with Gasteiger partial charge in [0.2, 0.25) is 0 Å². The molecule has 0 unspecified atom stereocenters. The van der Waals surface area contributed by atoms with E-state index in [4.69, 9.17) is 0 Å². The molecule has 0 atom stereocenters. The zero-order valence-corrected chi connectivity index (χ0v) is 11.2. The molecule has 4 heteroatoms. The van der Waals surface area contributed by atoms with Crippen molar-refractivity contribution in [3.63, 3.8) is 0 Å². The molecule has 0 saturated heterocycles. The number of hydrogen-bond acceptors (Lipinski definition) is 2. The fourth-order valence-corrected chi connectivity index (χ4v) is 4.66. The standard InChI is InChI=1S/C14H25N3O/c1-15-2-3-16-14(18)17-13-11-5-9-4-10(7-11)8-12(13)6-9/h9-13,15H,2-8H2,1H3,(H2,16,17,18). The Hall–Kier alpha value is -0.770. The molecule has 4 nitrogen and oxygen atoms in total. The molecule has 0 aromatic rings. The molecule has 0 aliphatic heterocycles. The van der Waals surface area contributed by atoms with Crippen LogP contribution in [0, 0.1) is 23.7 Å². The molecular weight excluding hydrogens is 226 g/mol. The molecule has 4 aliphatic carbocycles. The summed E-state index contributed by atoms with van der Waals surface area (Å²) in [6.07, 6.45) is 6.89. The maximum Gasteiger partial charge on any atom is 0.315 e. The second-order valence-corrected chi connectivity index (χ2v) is 6.46. The Labute approximate surface area is 109 Å². The summed E-state index contributed by atoms with van der Waals surface area (Å²) in [5, 5.41) is 9.21. The normalized spacial score (nSPS) is 40.8. The quantitative estimate of drug-likeness (QED) is 0.660. The first kappa shape index (κ1) is 12.3. The highest BCUT2D eigenvalue weighted by Gasteiger charge is 2.48. The number of amides is 2. The van der Waals surface area contributed by atoms with Crippen molar-refractivity contribution < 1.29 is 4.79 Å². The number of carbonyl (C=O) groups is 1. The van der Waals surface area contributed by atoms with E-state index in [-0.39, 0.29) is 6.03 Å². The van der Waals surface area contributed by atoms with Crippen molar-refractivity contribution in [3.05, 3.63) is 0 Å². The minimum absolute atomic E-state index is 0.0303. The van der Waals surface area contributed by atoms with Gasteiger partial charge in [-0.1, -0.05) is 0 Å². The molecule has 4 saturated carbocycles. The molecule has 4 fully saturated rings. The number of urea groups is 1. The number of hydrogen-bond donors (Lipinski definition) is 3. The maximum absolute atomic E-state index is 11.9. The lowest BCUT2D eigenvalue weighted by Crippen LogP contribution is -2.57. The molecule has 4 bridgehead atoms. The third-order valence-corrected chi connectivity index (χ3v) is 5.19. The lowest BCUT2D eigenvalue weighted by molar-refractivity contribution is -0.00939. The van der Waals surface area contributed by atoms with E-state index in [1.54, 1.807) is 0 Å². The van der Waals surface area contributed by atoms with Crippen molar-refractivity contribution >= 4 is 6.03 Å². The molecule has 0 spiro atoms. The van der Waals surface area contributed by atoms with Gasteiger partial charge in [0.1, 0.15) is 0 Å². The predicted molar refractivity (Wildman–Crippen MR) is 71.3 cm³/mol. The Balaban J connectivity index is 1.52. The summed E-state index contributed by atoms with van der Waals surface area (Å²) in [6, 6.07) is 0.482. The molecule has 102 valence electrons. The first-order chi connectivity index (χ1) is 8.76. The van der Waals surface area contributed by atoms with Crippen molar-refractivity contribution in [1.29, 1.82) is 0 Å². The summed E-state index contributed by atoms with van der Waals surface area (Å²) in [7, 11) is 1.90. The Kier molecular flexibility index (Phi) is 3.46. The monoisotopic (exact) mass is 251 g/mol. The van der Waals surface area contributed by atoms with Crippen LogP contribution in [0.1, 0.15) is 32.1 Å². The Morgan fingerprint density at radius 2 is 1.61 bits per heavy atom. The molecule has 0 aromatic carbocycles. The first-order valence-corrected chi connectivity index (χ1v) is 7.45. The van der Waals surface area contributed by atoms with Crippen molar-refractivity contribution in [3.8, 4) is 0 Å². The van der Waals surface area contributed by atoms with Crippen LogP contribution in [0.4, 0.5) is 4.79 Å². The summed E-state index contributed by atoms with van der Waals surface area (Å²) in [6.45, 7) is 1.53. The van der Waals surface area contributed by atoms with Crippen LogP contribution >= 0.6 is 0 Å². The highest BCUT2D eigenvalue weighted by Crippen LogP contribution is 2.53. The van der Waals surface area contributed by atoms with Gasteiger partial charge in [-0.25, -0.2) is 4.79 Å². The van der Waals surface area contributed by atoms with Gasteiger partial charge in [-0.2, -0.15) is 0 Å². The second-order valence-electron chi connectivity index (χ2n) is 6.46. The van der Waals surface area contributed by atoms with Gasteiger partial charge in [0.15, 0.2) is 0 Å². The molecule has 4 aliphatic rings. The van der Waals surface area contributed by atoms with Crippen LogP contribution < -0.4 is 16.0 Å². The van der Waals surface area contributed by atoms with Crippen LogP contribution in [0.15, 0.2) is 0 Å². The summed E-state index contributed by atoms with van der Waals surface area (Å²) in [4.78, 5) is 11.9. The van der Waals surface area contributed by atoms with Gasteiger partial charge < -0.3 is 16.0 Å². The summed E-state index contributed by atoms with van der Waals surface area (Å²) >= 11 is 0. The number of carbonyl (C=O) groups excluding carboxylic acids is 1. The molecule has 3 N–H and O–H groups in total. The van der Waals surface area contributed by atoms with Gasteiger partial charge in [-0.15, -0.1) is 0 Å². The van der Waals surface area contributed by atoms with E-state index in [9.17, 15) is 4.79 Å². The van der Waals surface area contributed by atoms with Crippen LogP contribution in [-0.2, 0) is 0 Å². The van der Waals surface area contributed by atoms with Crippen LogP contribution in [0.3, 0.4) is 0 Å². The van der Waals surface area contributed by atoms with Gasteiger partial charge >= 0.3 is 6.03 Å². The topological polar surface area (TPSA) is 53.2 Å². The van der Waals surface area contributed by atoms with E-state index in [1.807, 2.05) is 7.05 Å². The van der Waals surface area contributed by atoms with Crippen molar-refractivity contribution in [1.82, 2.24) is 16.0 Å². The Morgan fingerprint density at radius 1 is 1.00 bits per heavy atom. The molecule has 0 heterocycles. The highest BCUT2D eigenvalue weighted by atomic mass is 16.2. The Morgan fingerprint density at radius 3 is 2.17 bits per heavy atom. The van der Waals surface area contributed by atoms with E-state index in [0.29, 0.717) is 12.6 Å². The van der Waals surface area contributed by atoms with E-state index in [2.05, 4.69) is 16.0 Å².